The minimum absolute atomic E-state index is 0.0584. The molecule has 1 saturated heterocycles. The molecule has 2 heterocycles. The number of aliphatic hydroxyl groups excluding tert-OH is 2. The van der Waals surface area contributed by atoms with Crippen molar-refractivity contribution in [2.24, 2.45) is 0 Å². The number of aromatic nitrogens is 1. The highest BCUT2D eigenvalue weighted by Crippen LogP contribution is 2.42. The summed E-state index contributed by atoms with van der Waals surface area (Å²) in [7, 11) is 0. The van der Waals surface area contributed by atoms with Crippen LogP contribution in [0, 0.1) is 10.1 Å². The molecule has 8 heteroatoms. The van der Waals surface area contributed by atoms with Gasteiger partial charge in [-0.25, -0.2) is 0 Å². The average molecular weight is 308 g/mol. The van der Waals surface area contributed by atoms with Crippen molar-refractivity contribution >= 4 is 16.6 Å². The lowest BCUT2D eigenvalue weighted by molar-refractivity contribution is -0.383. The first-order valence-electron chi connectivity index (χ1n) is 6.79. The molecule has 0 radical (unpaired) electrons. The summed E-state index contributed by atoms with van der Waals surface area (Å²) >= 11 is 0. The van der Waals surface area contributed by atoms with Crippen LogP contribution in [-0.4, -0.2) is 49.6 Å². The smallest absolute Gasteiger partial charge is 0.278 e. The normalized spacial score (nSPS) is 31.7. The number of nitro benzene ring substituents is 1. The molecule has 118 valence electrons. The molecule has 1 fully saturated rings. The fourth-order valence-electron chi connectivity index (χ4n) is 2.91. The number of aromatic amines is 1. The van der Waals surface area contributed by atoms with Crippen LogP contribution in [0.2, 0.25) is 0 Å². The highest BCUT2D eigenvalue weighted by Gasteiger charge is 2.53. The Morgan fingerprint density at radius 3 is 2.82 bits per heavy atom. The molecule has 4 N–H and O–H groups in total. The zero-order valence-electron chi connectivity index (χ0n) is 11.8. The molecule has 1 aromatic heterocycles. The molecular formula is C14H16N2O6. The molecule has 0 spiro atoms. The van der Waals surface area contributed by atoms with Gasteiger partial charge in [0.1, 0.15) is 23.9 Å². The Bertz CT molecular complexity index is 725. The molecule has 1 aliphatic heterocycles. The Labute approximate surface area is 125 Å². The largest absolute Gasteiger partial charge is 0.394 e. The van der Waals surface area contributed by atoms with Gasteiger partial charge in [-0.15, -0.1) is 0 Å². The maximum absolute atomic E-state index is 11.1. The number of fused-ring (bicyclic) bond motifs is 1. The van der Waals surface area contributed by atoms with Crippen molar-refractivity contribution in [3.63, 3.8) is 0 Å². The second-order valence-electron chi connectivity index (χ2n) is 5.63. The number of H-pyrrole nitrogens is 1. The number of nitro groups is 1. The topological polar surface area (TPSA) is 129 Å². The molecule has 22 heavy (non-hydrogen) atoms. The van der Waals surface area contributed by atoms with Crippen molar-refractivity contribution in [2.45, 2.75) is 30.8 Å². The predicted molar refractivity (Wildman–Crippen MR) is 76.3 cm³/mol. The van der Waals surface area contributed by atoms with E-state index in [1.807, 2.05) is 0 Å². The fourth-order valence-corrected chi connectivity index (χ4v) is 2.91. The molecule has 0 unspecified atom stereocenters. The van der Waals surface area contributed by atoms with E-state index in [0.29, 0.717) is 16.6 Å². The lowest BCUT2D eigenvalue weighted by atomic mass is 9.91. The fraction of sp³-hybridized carbons (Fsp3) is 0.429. The van der Waals surface area contributed by atoms with Gasteiger partial charge < -0.3 is 25.0 Å². The van der Waals surface area contributed by atoms with E-state index in [0.717, 1.165) is 0 Å². The SMILES string of the molecule is C[C@@]1(O)[C@H](O)[C@@H](CO)O[C@H]1c1cc2c([N+](=O)[O-])cccc2[nH]1. The van der Waals surface area contributed by atoms with Crippen LogP contribution in [0.1, 0.15) is 18.7 Å². The summed E-state index contributed by atoms with van der Waals surface area (Å²) in [5, 5.41) is 41.1. The number of aliphatic hydroxyl groups is 3. The Morgan fingerprint density at radius 1 is 1.50 bits per heavy atom. The summed E-state index contributed by atoms with van der Waals surface area (Å²) in [5.74, 6) is 0. The molecule has 0 amide bonds. The third-order valence-electron chi connectivity index (χ3n) is 4.11. The molecule has 1 aliphatic rings. The Hall–Kier alpha value is -2.00. The summed E-state index contributed by atoms with van der Waals surface area (Å²) < 4.78 is 5.50. The van der Waals surface area contributed by atoms with E-state index in [9.17, 15) is 25.4 Å². The molecule has 4 atom stereocenters. The van der Waals surface area contributed by atoms with Gasteiger partial charge in [-0.2, -0.15) is 0 Å². The van der Waals surface area contributed by atoms with Crippen molar-refractivity contribution in [1.29, 1.82) is 0 Å². The number of ether oxygens (including phenoxy) is 1. The lowest BCUT2D eigenvalue weighted by Crippen LogP contribution is -2.43. The van der Waals surface area contributed by atoms with E-state index in [1.165, 1.54) is 19.1 Å². The predicted octanol–water partition coefficient (Wildman–Crippen LogP) is 0.620. The van der Waals surface area contributed by atoms with E-state index in [4.69, 9.17) is 4.74 Å². The van der Waals surface area contributed by atoms with Crippen molar-refractivity contribution in [1.82, 2.24) is 4.98 Å². The van der Waals surface area contributed by atoms with Crippen LogP contribution in [0.15, 0.2) is 24.3 Å². The van der Waals surface area contributed by atoms with Crippen LogP contribution < -0.4 is 0 Å². The van der Waals surface area contributed by atoms with Crippen molar-refractivity contribution in [3.8, 4) is 0 Å². The summed E-state index contributed by atoms with van der Waals surface area (Å²) in [4.78, 5) is 13.5. The van der Waals surface area contributed by atoms with E-state index < -0.39 is 35.4 Å². The third-order valence-corrected chi connectivity index (χ3v) is 4.11. The van der Waals surface area contributed by atoms with Crippen LogP contribution >= 0.6 is 0 Å². The van der Waals surface area contributed by atoms with Crippen molar-refractivity contribution in [2.75, 3.05) is 6.61 Å². The number of nitrogens with one attached hydrogen (secondary N) is 1. The number of nitrogens with zero attached hydrogens (tertiary/aromatic N) is 1. The maximum Gasteiger partial charge on any atom is 0.278 e. The van der Waals surface area contributed by atoms with Gasteiger partial charge in [0.15, 0.2) is 0 Å². The maximum atomic E-state index is 11.1. The Morgan fingerprint density at radius 2 is 2.23 bits per heavy atom. The molecule has 0 bridgehead atoms. The van der Waals surface area contributed by atoms with Crippen LogP contribution in [0.4, 0.5) is 5.69 Å². The van der Waals surface area contributed by atoms with Gasteiger partial charge in [0.25, 0.3) is 5.69 Å². The summed E-state index contributed by atoms with van der Waals surface area (Å²) in [5.41, 5.74) is -0.741. The first-order chi connectivity index (χ1) is 10.4. The van der Waals surface area contributed by atoms with E-state index in [-0.39, 0.29) is 5.69 Å². The van der Waals surface area contributed by atoms with Gasteiger partial charge >= 0.3 is 0 Å². The average Bonchev–Trinajstić information content (AvgIpc) is 2.98. The van der Waals surface area contributed by atoms with Gasteiger partial charge in [-0.1, -0.05) is 6.07 Å². The number of rotatable bonds is 3. The number of hydrogen-bond donors (Lipinski definition) is 4. The van der Waals surface area contributed by atoms with Gasteiger partial charge in [0.05, 0.1) is 22.4 Å². The number of non-ortho nitro benzene ring substituents is 1. The highest BCUT2D eigenvalue weighted by atomic mass is 16.6. The third kappa shape index (κ3) is 2.08. The molecule has 8 nitrogen and oxygen atoms in total. The summed E-state index contributed by atoms with van der Waals surface area (Å²) in [6.45, 7) is 0.964. The van der Waals surface area contributed by atoms with Crippen molar-refractivity contribution < 1.29 is 25.0 Å². The minimum Gasteiger partial charge on any atom is -0.394 e. The van der Waals surface area contributed by atoms with E-state index in [1.54, 1.807) is 12.1 Å². The Balaban J connectivity index is 2.08. The standard InChI is InChI=1S/C14H16N2O6/c1-14(19)12(18)11(6-17)22-13(14)9-5-7-8(15-9)3-2-4-10(7)16(20)21/h2-5,11-13,15,17-19H,6H2,1H3/t11-,12-,13+,14-/m1/s1. The summed E-state index contributed by atoms with van der Waals surface area (Å²) in [6.07, 6.45) is -3.10. The highest BCUT2D eigenvalue weighted by molar-refractivity contribution is 5.89. The molecular weight excluding hydrogens is 292 g/mol. The monoisotopic (exact) mass is 308 g/mol. The van der Waals surface area contributed by atoms with Crippen molar-refractivity contribution in [3.05, 3.63) is 40.1 Å². The number of benzene rings is 1. The van der Waals surface area contributed by atoms with E-state index >= 15 is 0 Å². The molecule has 0 aliphatic carbocycles. The van der Waals surface area contributed by atoms with Gasteiger partial charge in [-0.3, -0.25) is 10.1 Å². The van der Waals surface area contributed by atoms with E-state index in [2.05, 4.69) is 4.98 Å². The van der Waals surface area contributed by atoms with Gasteiger partial charge in [0, 0.05) is 11.8 Å². The summed E-state index contributed by atoms with van der Waals surface area (Å²) in [6, 6.07) is 6.15. The quantitative estimate of drug-likeness (QED) is 0.486. The molecule has 2 aromatic rings. The lowest BCUT2D eigenvalue weighted by Gasteiger charge is -2.25. The second-order valence-corrected chi connectivity index (χ2v) is 5.63. The molecule has 0 saturated carbocycles. The molecule has 3 rings (SSSR count). The van der Waals surface area contributed by atoms with Gasteiger partial charge in [0.2, 0.25) is 0 Å². The zero-order valence-corrected chi connectivity index (χ0v) is 11.8. The first kappa shape index (κ1) is 14.9. The van der Waals surface area contributed by atoms with Crippen LogP contribution in [0.5, 0.6) is 0 Å². The second kappa shape index (κ2) is 5.03. The zero-order chi connectivity index (χ0) is 16.1. The van der Waals surface area contributed by atoms with Crippen LogP contribution in [-0.2, 0) is 4.74 Å². The first-order valence-corrected chi connectivity index (χ1v) is 6.79. The van der Waals surface area contributed by atoms with Crippen LogP contribution in [0.25, 0.3) is 10.9 Å². The minimum atomic E-state index is -1.62. The molecule has 1 aromatic carbocycles. The number of hydrogen-bond acceptors (Lipinski definition) is 6. The Kier molecular flexibility index (Phi) is 3.41. The van der Waals surface area contributed by atoms with Gasteiger partial charge in [-0.05, 0) is 19.1 Å². The van der Waals surface area contributed by atoms with Crippen LogP contribution in [0.3, 0.4) is 0 Å².